The average Bonchev–Trinajstić information content (AvgIpc) is 2.19. The van der Waals surface area contributed by atoms with Gasteiger partial charge in [0.15, 0.2) is 5.75 Å². The summed E-state index contributed by atoms with van der Waals surface area (Å²) in [5.74, 6) is -0.794. The van der Waals surface area contributed by atoms with Crippen molar-refractivity contribution in [3.05, 3.63) is 22.4 Å². The van der Waals surface area contributed by atoms with Crippen LogP contribution in [0.15, 0.2) is 16.7 Å². The molecule has 1 aromatic heterocycles. The molecule has 0 amide bonds. The molecule has 1 heterocycles. The van der Waals surface area contributed by atoms with E-state index in [4.69, 9.17) is 0 Å². The van der Waals surface area contributed by atoms with Crippen LogP contribution < -0.4 is 4.74 Å². The smallest absolute Gasteiger partial charge is 0.387 e. The monoisotopic (exact) mass is 281 g/mol. The van der Waals surface area contributed by atoms with Gasteiger partial charge in [-0.2, -0.15) is 8.78 Å². The van der Waals surface area contributed by atoms with E-state index in [0.717, 1.165) is 0 Å². The van der Waals surface area contributed by atoms with Crippen molar-refractivity contribution in [1.82, 2.24) is 4.98 Å². The molecule has 0 aliphatic heterocycles. The number of ether oxygens (including phenoxy) is 2. The van der Waals surface area contributed by atoms with Crippen LogP contribution >= 0.6 is 15.9 Å². The summed E-state index contributed by atoms with van der Waals surface area (Å²) in [4.78, 5) is 14.7. The van der Waals surface area contributed by atoms with Gasteiger partial charge in [0.25, 0.3) is 0 Å². The second kappa shape index (κ2) is 5.01. The predicted octanol–water partition coefficient (Wildman–Crippen LogP) is 2.23. The highest BCUT2D eigenvalue weighted by Crippen LogP contribution is 2.24. The Labute approximate surface area is 92.3 Å². The Hall–Kier alpha value is -1.24. The standard InChI is InChI=1S/C8H6BrF2NO3/c1-14-7(13)4-2-3-5(6(9)12-4)15-8(10)11/h2-3,8H,1H3. The summed E-state index contributed by atoms with van der Waals surface area (Å²) >= 11 is 2.90. The fourth-order valence-corrected chi connectivity index (χ4v) is 1.24. The molecule has 0 spiro atoms. The number of esters is 1. The Morgan fingerprint density at radius 1 is 1.53 bits per heavy atom. The lowest BCUT2D eigenvalue weighted by Gasteiger charge is -2.06. The van der Waals surface area contributed by atoms with E-state index in [1.54, 1.807) is 0 Å². The minimum absolute atomic E-state index is 0.00555. The van der Waals surface area contributed by atoms with Gasteiger partial charge in [-0.15, -0.1) is 0 Å². The van der Waals surface area contributed by atoms with Crippen LogP contribution in [0.2, 0.25) is 0 Å². The minimum Gasteiger partial charge on any atom is -0.464 e. The molecule has 0 atom stereocenters. The minimum atomic E-state index is -2.94. The molecule has 0 bridgehead atoms. The van der Waals surface area contributed by atoms with Crippen LogP contribution in [0.3, 0.4) is 0 Å². The van der Waals surface area contributed by atoms with E-state index in [1.807, 2.05) is 0 Å². The van der Waals surface area contributed by atoms with Crippen molar-refractivity contribution >= 4 is 21.9 Å². The van der Waals surface area contributed by atoms with Crippen molar-refractivity contribution < 1.29 is 23.0 Å². The molecule has 0 saturated heterocycles. The van der Waals surface area contributed by atoms with Gasteiger partial charge < -0.3 is 9.47 Å². The Morgan fingerprint density at radius 3 is 2.67 bits per heavy atom. The van der Waals surface area contributed by atoms with Crippen molar-refractivity contribution in [1.29, 1.82) is 0 Å². The molecule has 4 nitrogen and oxygen atoms in total. The lowest BCUT2D eigenvalue weighted by atomic mass is 10.3. The van der Waals surface area contributed by atoms with E-state index in [0.29, 0.717) is 0 Å². The first kappa shape index (κ1) is 11.8. The van der Waals surface area contributed by atoms with Crippen molar-refractivity contribution in [3.8, 4) is 5.75 Å². The highest BCUT2D eigenvalue weighted by molar-refractivity contribution is 9.10. The highest BCUT2D eigenvalue weighted by atomic mass is 79.9. The van der Waals surface area contributed by atoms with Gasteiger partial charge in [-0.25, -0.2) is 9.78 Å². The molecule has 0 aliphatic rings. The molecule has 7 heteroatoms. The number of rotatable bonds is 3. The number of hydrogen-bond donors (Lipinski definition) is 0. The fraction of sp³-hybridized carbons (Fsp3) is 0.250. The van der Waals surface area contributed by atoms with Crippen LogP contribution in [0.25, 0.3) is 0 Å². The van der Waals surface area contributed by atoms with Crippen LogP contribution in [0, 0.1) is 0 Å². The van der Waals surface area contributed by atoms with E-state index < -0.39 is 12.6 Å². The first-order chi connectivity index (χ1) is 7.04. The lowest BCUT2D eigenvalue weighted by Crippen LogP contribution is -2.07. The first-order valence-electron chi connectivity index (χ1n) is 3.74. The first-order valence-corrected chi connectivity index (χ1v) is 4.53. The fourth-order valence-electron chi connectivity index (χ4n) is 0.824. The van der Waals surface area contributed by atoms with Crippen LogP contribution in [0.5, 0.6) is 5.75 Å². The zero-order chi connectivity index (χ0) is 11.4. The molecule has 82 valence electrons. The van der Waals surface area contributed by atoms with Crippen molar-refractivity contribution in [2.24, 2.45) is 0 Å². The Kier molecular flexibility index (Phi) is 3.96. The van der Waals surface area contributed by atoms with Crippen LogP contribution in [0.1, 0.15) is 10.5 Å². The molecule has 0 N–H and O–H groups in total. The normalized spacial score (nSPS) is 10.2. The van der Waals surface area contributed by atoms with Crippen molar-refractivity contribution in [3.63, 3.8) is 0 Å². The van der Waals surface area contributed by atoms with Crippen LogP contribution in [0.4, 0.5) is 8.78 Å². The number of alkyl halides is 2. The Balaban J connectivity index is 2.93. The van der Waals surface area contributed by atoms with E-state index in [2.05, 4.69) is 30.4 Å². The van der Waals surface area contributed by atoms with Gasteiger partial charge in [-0.05, 0) is 28.1 Å². The van der Waals surface area contributed by atoms with Crippen molar-refractivity contribution in [2.75, 3.05) is 7.11 Å². The van der Waals surface area contributed by atoms with E-state index in [1.165, 1.54) is 19.2 Å². The zero-order valence-corrected chi connectivity index (χ0v) is 9.12. The SMILES string of the molecule is COC(=O)c1ccc(OC(F)F)c(Br)n1. The molecule has 0 aliphatic carbocycles. The van der Waals surface area contributed by atoms with Gasteiger partial charge >= 0.3 is 12.6 Å². The molecule has 0 unspecified atom stereocenters. The number of carbonyl (C=O) groups is 1. The molecule has 1 aromatic rings. The number of methoxy groups -OCH3 is 1. The molecule has 0 saturated carbocycles. The number of nitrogens with zero attached hydrogens (tertiary/aromatic N) is 1. The van der Waals surface area contributed by atoms with Gasteiger partial charge in [0.2, 0.25) is 0 Å². The Morgan fingerprint density at radius 2 is 2.20 bits per heavy atom. The largest absolute Gasteiger partial charge is 0.464 e. The summed E-state index contributed by atoms with van der Waals surface area (Å²) in [7, 11) is 1.20. The molecular weight excluding hydrogens is 276 g/mol. The highest BCUT2D eigenvalue weighted by Gasteiger charge is 2.13. The van der Waals surface area contributed by atoms with Gasteiger partial charge in [0, 0.05) is 0 Å². The average molecular weight is 282 g/mol. The predicted molar refractivity (Wildman–Crippen MR) is 49.9 cm³/mol. The summed E-state index contributed by atoms with van der Waals surface area (Å²) in [5.41, 5.74) is 0.00555. The van der Waals surface area contributed by atoms with E-state index in [-0.39, 0.29) is 16.0 Å². The van der Waals surface area contributed by atoms with Gasteiger partial charge in [-0.3, -0.25) is 0 Å². The summed E-state index contributed by atoms with van der Waals surface area (Å²) in [6, 6.07) is 2.43. The Bertz CT molecular complexity index is 373. The topological polar surface area (TPSA) is 48.4 Å². The summed E-state index contributed by atoms with van der Waals surface area (Å²) in [6.45, 7) is -2.94. The van der Waals surface area contributed by atoms with Gasteiger partial charge in [0.05, 0.1) is 7.11 Å². The summed E-state index contributed by atoms with van der Waals surface area (Å²) in [6.07, 6.45) is 0. The third-order valence-electron chi connectivity index (χ3n) is 1.43. The van der Waals surface area contributed by atoms with E-state index >= 15 is 0 Å². The maximum absolute atomic E-state index is 11.9. The van der Waals surface area contributed by atoms with E-state index in [9.17, 15) is 13.6 Å². The van der Waals surface area contributed by atoms with Crippen LogP contribution in [-0.2, 0) is 4.74 Å². The maximum atomic E-state index is 11.9. The molecular formula is C8H6BrF2NO3. The zero-order valence-electron chi connectivity index (χ0n) is 7.54. The summed E-state index contributed by atoms with van der Waals surface area (Å²) < 4.78 is 32.3. The third kappa shape index (κ3) is 3.12. The van der Waals surface area contributed by atoms with Gasteiger partial charge in [-0.1, -0.05) is 0 Å². The maximum Gasteiger partial charge on any atom is 0.387 e. The lowest BCUT2D eigenvalue weighted by molar-refractivity contribution is -0.0506. The molecule has 1 rings (SSSR count). The number of carbonyl (C=O) groups excluding carboxylic acids is 1. The number of hydrogen-bond acceptors (Lipinski definition) is 4. The second-order valence-electron chi connectivity index (χ2n) is 2.36. The third-order valence-corrected chi connectivity index (χ3v) is 1.99. The number of halogens is 3. The van der Waals surface area contributed by atoms with Gasteiger partial charge in [0.1, 0.15) is 10.3 Å². The number of pyridine rings is 1. The molecule has 0 aromatic carbocycles. The molecule has 0 radical (unpaired) electrons. The van der Waals surface area contributed by atoms with Crippen molar-refractivity contribution in [2.45, 2.75) is 6.61 Å². The molecule has 15 heavy (non-hydrogen) atoms. The number of aromatic nitrogens is 1. The van der Waals surface area contributed by atoms with Crippen LogP contribution in [-0.4, -0.2) is 24.7 Å². The summed E-state index contributed by atoms with van der Waals surface area (Å²) in [5, 5.41) is 0. The molecule has 0 fully saturated rings. The quantitative estimate of drug-likeness (QED) is 0.630. The second-order valence-corrected chi connectivity index (χ2v) is 3.11.